The van der Waals surface area contributed by atoms with Crippen LogP contribution in [0, 0.1) is 5.92 Å². The minimum Gasteiger partial charge on any atom is -0.329 e. The Morgan fingerprint density at radius 3 is 2.67 bits per heavy atom. The highest BCUT2D eigenvalue weighted by atomic mass is 15.2. The number of likely N-dealkylation sites (tertiary alicyclic amines) is 1. The molecule has 1 rings (SSSR count). The van der Waals surface area contributed by atoms with Gasteiger partial charge in [-0.05, 0) is 45.1 Å². The lowest BCUT2D eigenvalue weighted by molar-refractivity contribution is 0.0941. The molecule has 2 nitrogen and oxygen atoms in total. The van der Waals surface area contributed by atoms with Crippen molar-refractivity contribution in [1.82, 2.24) is 4.90 Å². The number of piperidine rings is 1. The van der Waals surface area contributed by atoms with E-state index in [-0.39, 0.29) is 0 Å². The van der Waals surface area contributed by atoms with Crippen molar-refractivity contribution in [3.63, 3.8) is 0 Å². The van der Waals surface area contributed by atoms with Crippen molar-refractivity contribution in [2.75, 3.05) is 13.1 Å². The lowest BCUT2D eigenvalue weighted by atomic mass is 9.95. The van der Waals surface area contributed by atoms with Gasteiger partial charge in [0.15, 0.2) is 0 Å². The minimum absolute atomic E-state index is 0.654. The summed E-state index contributed by atoms with van der Waals surface area (Å²) in [5.74, 6) is 0.835. The predicted molar refractivity (Wildman–Crippen MR) is 66.9 cm³/mol. The SMILES string of the molecule is CC(C)CCCN1C(C)CCCC1CN. The lowest BCUT2D eigenvalue weighted by Gasteiger charge is -2.40. The van der Waals surface area contributed by atoms with Crippen molar-refractivity contribution < 1.29 is 0 Å². The van der Waals surface area contributed by atoms with E-state index in [0.717, 1.165) is 18.5 Å². The van der Waals surface area contributed by atoms with Crippen LogP contribution in [0.15, 0.2) is 0 Å². The summed E-state index contributed by atoms with van der Waals surface area (Å²) in [5.41, 5.74) is 5.85. The maximum absolute atomic E-state index is 5.85. The van der Waals surface area contributed by atoms with Gasteiger partial charge in [-0.3, -0.25) is 4.90 Å². The van der Waals surface area contributed by atoms with E-state index in [1.54, 1.807) is 0 Å². The zero-order valence-electron chi connectivity index (χ0n) is 10.7. The van der Waals surface area contributed by atoms with Gasteiger partial charge in [-0.25, -0.2) is 0 Å². The maximum atomic E-state index is 5.85. The first-order valence-electron chi connectivity index (χ1n) is 6.61. The summed E-state index contributed by atoms with van der Waals surface area (Å²) < 4.78 is 0. The molecule has 90 valence electrons. The molecule has 0 aliphatic carbocycles. The predicted octanol–water partition coefficient (Wildman–Crippen LogP) is 2.62. The second kappa shape index (κ2) is 6.49. The summed E-state index contributed by atoms with van der Waals surface area (Å²) >= 11 is 0. The topological polar surface area (TPSA) is 29.3 Å². The van der Waals surface area contributed by atoms with Gasteiger partial charge >= 0.3 is 0 Å². The van der Waals surface area contributed by atoms with Gasteiger partial charge in [-0.15, -0.1) is 0 Å². The fourth-order valence-corrected chi connectivity index (χ4v) is 2.68. The Morgan fingerprint density at radius 2 is 2.07 bits per heavy atom. The molecule has 15 heavy (non-hydrogen) atoms. The molecule has 2 heteroatoms. The van der Waals surface area contributed by atoms with E-state index in [1.807, 2.05) is 0 Å². The Labute approximate surface area is 95.2 Å². The largest absolute Gasteiger partial charge is 0.329 e. The quantitative estimate of drug-likeness (QED) is 0.759. The summed E-state index contributed by atoms with van der Waals surface area (Å²) in [7, 11) is 0. The zero-order valence-corrected chi connectivity index (χ0v) is 10.7. The molecule has 1 aliphatic rings. The van der Waals surface area contributed by atoms with Crippen LogP contribution in [0.4, 0.5) is 0 Å². The molecule has 1 fully saturated rings. The molecule has 2 N–H and O–H groups in total. The molecule has 0 amide bonds. The first-order valence-corrected chi connectivity index (χ1v) is 6.61. The van der Waals surface area contributed by atoms with Gasteiger partial charge in [0.05, 0.1) is 0 Å². The average molecular weight is 212 g/mol. The van der Waals surface area contributed by atoms with Crippen LogP contribution < -0.4 is 5.73 Å². The van der Waals surface area contributed by atoms with Crippen LogP contribution in [0.2, 0.25) is 0 Å². The number of hydrogen-bond acceptors (Lipinski definition) is 2. The van der Waals surface area contributed by atoms with E-state index in [9.17, 15) is 0 Å². The highest BCUT2D eigenvalue weighted by Crippen LogP contribution is 2.22. The van der Waals surface area contributed by atoms with Crippen molar-refractivity contribution in [2.24, 2.45) is 11.7 Å². The van der Waals surface area contributed by atoms with E-state index < -0.39 is 0 Å². The average Bonchev–Trinajstić information content (AvgIpc) is 2.20. The number of rotatable bonds is 5. The van der Waals surface area contributed by atoms with E-state index in [1.165, 1.54) is 38.6 Å². The molecule has 0 saturated carbocycles. The zero-order chi connectivity index (χ0) is 11.3. The third-order valence-corrected chi connectivity index (χ3v) is 3.66. The molecule has 2 unspecified atom stereocenters. The van der Waals surface area contributed by atoms with Crippen molar-refractivity contribution in [2.45, 2.75) is 65.0 Å². The van der Waals surface area contributed by atoms with Gasteiger partial charge in [0.2, 0.25) is 0 Å². The maximum Gasteiger partial charge on any atom is 0.0221 e. The molecule has 0 aromatic carbocycles. The van der Waals surface area contributed by atoms with E-state index in [0.29, 0.717) is 6.04 Å². The smallest absolute Gasteiger partial charge is 0.0221 e. The van der Waals surface area contributed by atoms with Gasteiger partial charge < -0.3 is 5.73 Å². The molecule has 1 saturated heterocycles. The Hall–Kier alpha value is -0.0800. The highest BCUT2D eigenvalue weighted by Gasteiger charge is 2.25. The van der Waals surface area contributed by atoms with Crippen LogP contribution in [0.1, 0.15) is 52.9 Å². The third kappa shape index (κ3) is 4.12. The Morgan fingerprint density at radius 1 is 1.33 bits per heavy atom. The van der Waals surface area contributed by atoms with Crippen molar-refractivity contribution >= 4 is 0 Å². The molecule has 0 spiro atoms. The Balaban J connectivity index is 2.33. The van der Waals surface area contributed by atoms with Gasteiger partial charge in [0.1, 0.15) is 0 Å². The van der Waals surface area contributed by atoms with Crippen molar-refractivity contribution in [1.29, 1.82) is 0 Å². The third-order valence-electron chi connectivity index (χ3n) is 3.66. The lowest BCUT2D eigenvalue weighted by Crippen LogP contribution is -2.49. The summed E-state index contributed by atoms with van der Waals surface area (Å²) in [6, 6.07) is 1.40. The van der Waals surface area contributed by atoms with Crippen LogP contribution >= 0.6 is 0 Å². The van der Waals surface area contributed by atoms with E-state index in [4.69, 9.17) is 5.73 Å². The summed E-state index contributed by atoms with van der Waals surface area (Å²) in [5, 5.41) is 0. The monoisotopic (exact) mass is 212 g/mol. The minimum atomic E-state index is 0.654. The Kier molecular flexibility index (Phi) is 5.62. The first kappa shape index (κ1) is 13.0. The van der Waals surface area contributed by atoms with Crippen LogP contribution in [0.5, 0.6) is 0 Å². The summed E-state index contributed by atoms with van der Waals surface area (Å²) in [6.45, 7) is 9.06. The fraction of sp³-hybridized carbons (Fsp3) is 1.00. The van der Waals surface area contributed by atoms with Gasteiger partial charge in [-0.1, -0.05) is 20.3 Å². The molecular formula is C13H28N2. The van der Waals surface area contributed by atoms with Crippen molar-refractivity contribution in [3.8, 4) is 0 Å². The summed E-state index contributed by atoms with van der Waals surface area (Å²) in [4.78, 5) is 2.64. The van der Waals surface area contributed by atoms with Gasteiger partial charge in [0.25, 0.3) is 0 Å². The van der Waals surface area contributed by atoms with Crippen LogP contribution in [-0.2, 0) is 0 Å². The number of nitrogens with two attached hydrogens (primary N) is 1. The Bertz CT molecular complexity index is 168. The number of nitrogens with zero attached hydrogens (tertiary/aromatic N) is 1. The molecule has 0 radical (unpaired) electrons. The van der Waals surface area contributed by atoms with E-state index >= 15 is 0 Å². The molecule has 2 atom stereocenters. The van der Waals surface area contributed by atoms with Crippen LogP contribution in [-0.4, -0.2) is 30.1 Å². The summed E-state index contributed by atoms with van der Waals surface area (Å²) in [6.07, 6.45) is 6.71. The molecule has 1 aliphatic heterocycles. The fourth-order valence-electron chi connectivity index (χ4n) is 2.68. The second-order valence-corrected chi connectivity index (χ2v) is 5.44. The van der Waals surface area contributed by atoms with Crippen LogP contribution in [0.3, 0.4) is 0 Å². The van der Waals surface area contributed by atoms with Crippen molar-refractivity contribution in [3.05, 3.63) is 0 Å². The normalized spacial score (nSPS) is 28.6. The number of hydrogen-bond donors (Lipinski definition) is 1. The molecule has 0 aromatic rings. The molecule has 0 bridgehead atoms. The molecular weight excluding hydrogens is 184 g/mol. The standard InChI is InChI=1S/C13H28N2/c1-11(2)6-5-9-15-12(3)7-4-8-13(15)10-14/h11-13H,4-10,14H2,1-3H3. The molecule has 1 heterocycles. The van der Waals surface area contributed by atoms with Gasteiger partial charge in [-0.2, -0.15) is 0 Å². The van der Waals surface area contributed by atoms with E-state index in [2.05, 4.69) is 25.7 Å². The van der Waals surface area contributed by atoms with Crippen LogP contribution in [0.25, 0.3) is 0 Å². The molecule has 0 aromatic heterocycles. The first-order chi connectivity index (χ1) is 7.15. The highest BCUT2D eigenvalue weighted by molar-refractivity contribution is 4.82. The van der Waals surface area contributed by atoms with Gasteiger partial charge in [0, 0.05) is 18.6 Å². The second-order valence-electron chi connectivity index (χ2n) is 5.44.